The molecule has 5 rings (SSSR count). The molecular formula is C28H28FN7O2. The molecule has 0 unspecified atom stereocenters. The number of amides is 2. The second kappa shape index (κ2) is 11.7. The third kappa shape index (κ3) is 5.91. The molecule has 0 spiro atoms. The monoisotopic (exact) mass is 513 g/mol. The van der Waals surface area contributed by atoms with Crippen molar-refractivity contribution < 1.29 is 14.0 Å². The second-order valence-corrected chi connectivity index (χ2v) is 9.30. The highest BCUT2D eigenvalue weighted by atomic mass is 19.1. The van der Waals surface area contributed by atoms with Gasteiger partial charge >= 0.3 is 0 Å². The fourth-order valence-electron chi connectivity index (χ4n) is 4.74. The molecule has 2 heterocycles. The highest BCUT2D eigenvalue weighted by Gasteiger charge is 2.33. The zero-order chi connectivity index (χ0) is 26.3. The van der Waals surface area contributed by atoms with Gasteiger partial charge in [0, 0.05) is 25.0 Å². The van der Waals surface area contributed by atoms with E-state index in [2.05, 4.69) is 25.7 Å². The molecule has 0 aliphatic heterocycles. The van der Waals surface area contributed by atoms with Crippen molar-refractivity contribution in [2.24, 2.45) is 0 Å². The first-order chi connectivity index (χ1) is 18.6. The molecule has 38 heavy (non-hydrogen) atoms. The average molecular weight is 514 g/mol. The van der Waals surface area contributed by atoms with E-state index in [4.69, 9.17) is 0 Å². The topological polar surface area (TPSA) is 106 Å². The molecule has 10 heteroatoms. The van der Waals surface area contributed by atoms with Gasteiger partial charge in [-0.15, -0.1) is 10.2 Å². The lowest BCUT2D eigenvalue weighted by Crippen LogP contribution is -2.46. The zero-order valence-electron chi connectivity index (χ0n) is 20.8. The second-order valence-electron chi connectivity index (χ2n) is 9.30. The van der Waals surface area contributed by atoms with Crippen LogP contribution in [0.1, 0.15) is 42.9 Å². The van der Waals surface area contributed by atoms with Crippen LogP contribution in [0.15, 0.2) is 79.1 Å². The molecule has 1 atom stereocenters. The maximum absolute atomic E-state index is 14.2. The Hall–Kier alpha value is -4.47. The molecule has 0 saturated heterocycles. The Kier molecular flexibility index (Phi) is 7.77. The number of nitrogens with zero attached hydrogens (tertiary/aromatic N) is 6. The minimum atomic E-state index is -0.888. The van der Waals surface area contributed by atoms with Crippen molar-refractivity contribution in [3.05, 3.63) is 96.1 Å². The smallest absolute Gasteiger partial charge is 0.247 e. The third-order valence-electron chi connectivity index (χ3n) is 6.64. The Labute approximate surface area is 219 Å². The first-order valence-electron chi connectivity index (χ1n) is 12.6. The number of pyridine rings is 1. The molecule has 1 N–H and O–H groups in total. The van der Waals surface area contributed by atoms with Gasteiger partial charge in [0.2, 0.25) is 17.6 Å². The summed E-state index contributed by atoms with van der Waals surface area (Å²) in [6.07, 6.45) is 7.19. The van der Waals surface area contributed by atoms with Gasteiger partial charge in [0.05, 0.1) is 5.56 Å². The Balaban J connectivity index is 1.45. The summed E-state index contributed by atoms with van der Waals surface area (Å²) in [6.45, 7) is -0.0772. The maximum atomic E-state index is 14.2. The number of carbonyl (C=O) groups is 2. The van der Waals surface area contributed by atoms with Gasteiger partial charge in [-0.25, -0.2) is 4.39 Å². The SMILES string of the molecule is O=C(NC1CCCC1)[C@H](c1ccncc1)N(Cc1ccccc1)C(=O)Cn1nnc(-c2ccccc2F)n1. The molecule has 0 radical (unpaired) electrons. The summed E-state index contributed by atoms with van der Waals surface area (Å²) in [6, 6.07) is 18.3. The van der Waals surface area contributed by atoms with Crippen LogP contribution >= 0.6 is 0 Å². The Morgan fingerprint density at radius 1 is 1.00 bits per heavy atom. The first kappa shape index (κ1) is 25.2. The fourth-order valence-corrected chi connectivity index (χ4v) is 4.74. The van der Waals surface area contributed by atoms with Crippen molar-refractivity contribution in [3.63, 3.8) is 0 Å². The van der Waals surface area contributed by atoms with Crippen molar-refractivity contribution >= 4 is 11.8 Å². The van der Waals surface area contributed by atoms with Gasteiger partial charge in [0.15, 0.2) is 0 Å². The Morgan fingerprint density at radius 3 is 2.45 bits per heavy atom. The van der Waals surface area contributed by atoms with Crippen molar-refractivity contribution in [1.29, 1.82) is 0 Å². The van der Waals surface area contributed by atoms with Crippen LogP contribution < -0.4 is 5.32 Å². The van der Waals surface area contributed by atoms with Crippen LogP contribution in [0.3, 0.4) is 0 Å². The maximum Gasteiger partial charge on any atom is 0.247 e. The minimum absolute atomic E-state index is 0.0789. The van der Waals surface area contributed by atoms with Crippen molar-refractivity contribution in [1.82, 2.24) is 35.4 Å². The number of rotatable bonds is 9. The number of aromatic nitrogens is 5. The minimum Gasteiger partial charge on any atom is -0.351 e. The lowest BCUT2D eigenvalue weighted by molar-refractivity contribution is -0.142. The summed E-state index contributed by atoms with van der Waals surface area (Å²) in [4.78, 5) is 34.3. The molecule has 1 aliphatic rings. The summed E-state index contributed by atoms with van der Waals surface area (Å²) in [5.74, 6) is -1.03. The number of halogens is 1. The number of benzene rings is 2. The van der Waals surface area contributed by atoms with E-state index in [0.717, 1.165) is 36.0 Å². The van der Waals surface area contributed by atoms with Gasteiger partial charge in [-0.3, -0.25) is 14.6 Å². The van der Waals surface area contributed by atoms with E-state index in [1.165, 1.54) is 11.0 Å². The van der Waals surface area contributed by atoms with E-state index in [0.29, 0.717) is 5.56 Å². The summed E-state index contributed by atoms with van der Waals surface area (Å²) in [5.41, 5.74) is 1.71. The highest BCUT2D eigenvalue weighted by molar-refractivity contribution is 5.88. The van der Waals surface area contributed by atoms with Gasteiger partial charge < -0.3 is 10.2 Å². The van der Waals surface area contributed by atoms with E-state index >= 15 is 0 Å². The number of carbonyl (C=O) groups excluding carboxylic acids is 2. The predicted octanol–water partition coefficient (Wildman–Crippen LogP) is 3.70. The van der Waals surface area contributed by atoms with Crippen molar-refractivity contribution in [2.75, 3.05) is 0 Å². The van der Waals surface area contributed by atoms with Crippen LogP contribution in [-0.2, 0) is 22.7 Å². The lowest BCUT2D eigenvalue weighted by Gasteiger charge is -2.32. The van der Waals surface area contributed by atoms with Crippen molar-refractivity contribution in [3.8, 4) is 11.4 Å². The molecule has 1 aliphatic carbocycles. The Morgan fingerprint density at radius 2 is 1.71 bits per heavy atom. The van der Waals surface area contributed by atoms with Gasteiger partial charge in [-0.2, -0.15) is 4.80 Å². The van der Waals surface area contributed by atoms with E-state index in [-0.39, 0.29) is 42.3 Å². The summed E-state index contributed by atoms with van der Waals surface area (Å²) in [7, 11) is 0. The molecule has 1 saturated carbocycles. The Bertz CT molecular complexity index is 1370. The van der Waals surface area contributed by atoms with Gasteiger partial charge in [-0.05, 0) is 53.4 Å². The van der Waals surface area contributed by atoms with Crippen LogP contribution in [0, 0.1) is 5.82 Å². The molecule has 9 nitrogen and oxygen atoms in total. The van der Waals surface area contributed by atoms with Gasteiger partial charge in [0.25, 0.3) is 0 Å². The van der Waals surface area contributed by atoms with Crippen LogP contribution in [0.2, 0.25) is 0 Å². The van der Waals surface area contributed by atoms with Gasteiger partial charge in [-0.1, -0.05) is 55.3 Å². The molecular weight excluding hydrogens is 485 g/mol. The number of hydrogen-bond acceptors (Lipinski definition) is 6. The molecule has 4 aromatic rings. The molecule has 1 fully saturated rings. The van der Waals surface area contributed by atoms with Crippen molar-refractivity contribution in [2.45, 2.75) is 50.9 Å². The van der Waals surface area contributed by atoms with E-state index in [9.17, 15) is 14.0 Å². The van der Waals surface area contributed by atoms with Crippen LogP contribution in [0.25, 0.3) is 11.4 Å². The molecule has 2 aromatic heterocycles. The predicted molar refractivity (Wildman–Crippen MR) is 138 cm³/mol. The van der Waals surface area contributed by atoms with Gasteiger partial charge in [0.1, 0.15) is 18.4 Å². The standard InChI is InChI=1S/C28H28FN7O2/c29-24-13-7-6-12-23(24)27-32-34-36(33-27)19-25(37)35(18-20-8-2-1-3-9-20)26(21-14-16-30-17-15-21)28(38)31-22-10-4-5-11-22/h1-3,6-9,12-17,22,26H,4-5,10-11,18-19H2,(H,31,38)/t26-/m0/s1. The quantitative estimate of drug-likeness (QED) is 0.366. The molecule has 2 amide bonds. The number of hydrogen-bond donors (Lipinski definition) is 1. The number of tetrazole rings is 1. The highest BCUT2D eigenvalue weighted by Crippen LogP contribution is 2.26. The number of nitrogens with one attached hydrogen (secondary N) is 1. The lowest BCUT2D eigenvalue weighted by atomic mass is 10.0. The average Bonchev–Trinajstić information content (AvgIpc) is 3.62. The van der Waals surface area contributed by atoms with E-state index in [1.54, 1.807) is 42.7 Å². The largest absolute Gasteiger partial charge is 0.351 e. The molecule has 194 valence electrons. The van der Waals surface area contributed by atoms with Crippen LogP contribution in [-0.4, -0.2) is 47.9 Å². The normalized spacial score (nSPS) is 14.2. The molecule has 0 bridgehead atoms. The van der Waals surface area contributed by atoms with Crippen LogP contribution in [0.4, 0.5) is 4.39 Å². The third-order valence-corrected chi connectivity index (χ3v) is 6.64. The first-order valence-corrected chi connectivity index (χ1v) is 12.6. The van der Waals surface area contributed by atoms with E-state index in [1.807, 2.05) is 30.3 Å². The summed E-state index contributed by atoms with van der Waals surface area (Å²) < 4.78 is 14.2. The molecule has 2 aromatic carbocycles. The fraction of sp³-hybridized carbons (Fsp3) is 0.286. The summed E-state index contributed by atoms with van der Waals surface area (Å²) in [5, 5.41) is 15.3. The van der Waals surface area contributed by atoms with Crippen LogP contribution in [0.5, 0.6) is 0 Å². The van der Waals surface area contributed by atoms with E-state index < -0.39 is 11.9 Å². The zero-order valence-corrected chi connectivity index (χ0v) is 20.8. The summed E-state index contributed by atoms with van der Waals surface area (Å²) >= 11 is 0.